The van der Waals surface area contributed by atoms with Crippen molar-refractivity contribution in [3.63, 3.8) is 0 Å². The van der Waals surface area contributed by atoms with Crippen LogP contribution >= 0.6 is 0 Å². The van der Waals surface area contributed by atoms with Gasteiger partial charge in [0.05, 0.1) is 0 Å². The van der Waals surface area contributed by atoms with Gasteiger partial charge in [0.15, 0.2) is 17.4 Å². The normalized spacial score (nSPS) is 31.1. The number of carbonyl (C=O) groups excluding carboxylic acids is 2. The number of Topliss-reactive ketones (excluding diaryl/α,β-unsaturated/α-hetero) is 2. The molecule has 0 amide bonds. The van der Waals surface area contributed by atoms with Crippen LogP contribution in [-0.4, -0.2) is 28.1 Å². The quantitative estimate of drug-likeness (QED) is 0.516. The van der Waals surface area contributed by atoms with Crippen LogP contribution in [0.1, 0.15) is 33.6 Å². The van der Waals surface area contributed by atoms with E-state index in [-0.39, 0.29) is 12.8 Å². The molecule has 1 heterocycles. The Balaban J connectivity index is 2.85. The summed E-state index contributed by atoms with van der Waals surface area (Å²) in [6.07, 6.45) is 0.330. The molecule has 1 N–H and O–H groups in total. The summed E-state index contributed by atoms with van der Waals surface area (Å²) < 4.78 is 0. The number of hydrogen-bond acceptors (Lipinski definition) is 5. The molecule has 1 aliphatic rings. The minimum atomic E-state index is -1.53. The number of ketones is 2. The van der Waals surface area contributed by atoms with E-state index in [1.165, 1.54) is 20.8 Å². The van der Waals surface area contributed by atoms with Crippen LogP contribution in [0.15, 0.2) is 0 Å². The van der Waals surface area contributed by atoms with Gasteiger partial charge in [-0.15, -0.1) is 0 Å². The van der Waals surface area contributed by atoms with Crippen LogP contribution in [0.3, 0.4) is 0 Å². The van der Waals surface area contributed by atoms with E-state index in [2.05, 4.69) is 4.89 Å². The predicted octanol–water partition coefficient (Wildman–Crippen LogP) is 0.354. The van der Waals surface area contributed by atoms with Crippen molar-refractivity contribution < 1.29 is 24.5 Å². The number of hydrogen-bond donors (Lipinski definition) is 1. The molecule has 1 unspecified atom stereocenters. The highest BCUT2D eigenvalue weighted by Gasteiger charge is 2.49. The number of carbonyl (C=O) groups is 2. The van der Waals surface area contributed by atoms with Gasteiger partial charge in [-0.2, -0.15) is 0 Å². The molecule has 80 valence electrons. The van der Waals surface area contributed by atoms with E-state index in [1.807, 2.05) is 0 Å². The molecule has 0 aliphatic carbocycles. The fourth-order valence-electron chi connectivity index (χ4n) is 1.37. The monoisotopic (exact) mass is 202 g/mol. The van der Waals surface area contributed by atoms with Crippen LogP contribution in [-0.2, 0) is 19.4 Å². The minimum Gasteiger partial charge on any atom is -0.363 e. The molecule has 0 aromatic heterocycles. The van der Waals surface area contributed by atoms with E-state index in [4.69, 9.17) is 4.89 Å². The molecule has 0 aromatic carbocycles. The average molecular weight is 202 g/mol. The van der Waals surface area contributed by atoms with E-state index >= 15 is 0 Å². The molecule has 0 bridgehead atoms. The zero-order valence-corrected chi connectivity index (χ0v) is 8.49. The van der Waals surface area contributed by atoms with Crippen molar-refractivity contribution in [2.75, 3.05) is 0 Å². The van der Waals surface area contributed by atoms with Gasteiger partial charge in [0.1, 0.15) is 0 Å². The molecule has 1 aliphatic heterocycles. The molecule has 1 fully saturated rings. The highest BCUT2D eigenvalue weighted by atomic mass is 17.2. The molecular weight excluding hydrogens is 188 g/mol. The first-order valence-corrected chi connectivity index (χ1v) is 4.41. The number of aliphatic hydroxyl groups is 1. The summed E-state index contributed by atoms with van der Waals surface area (Å²) >= 11 is 0. The Bertz CT molecular complexity index is 242. The largest absolute Gasteiger partial charge is 0.363 e. The van der Waals surface area contributed by atoms with Crippen LogP contribution in [0, 0.1) is 0 Å². The fourth-order valence-corrected chi connectivity index (χ4v) is 1.37. The molecule has 5 nitrogen and oxygen atoms in total. The van der Waals surface area contributed by atoms with Gasteiger partial charge in [-0.1, -0.05) is 0 Å². The summed E-state index contributed by atoms with van der Waals surface area (Å²) in [5, 5.41) is 9.40. The first kappa shape index (κ1) is 11.3. The predicted molar refractivity (Wildman–Crippen MR) is 46.1 cm³/mol. The van der Waals surface area contributed by atoms with Gasteiger partial charge in [0.25, 0.3) is 0 Å². The van der Waals surface area contributed by atoms with Crippen molar-refractivity contribution in [3.8, 4) is 0 Å². The maximum Gasteiger partial charge on any atom is 0.218 e. The van der Waals surface area contributed by atoms with Crippen molar-refractivity contribution in [1.82, 2.24) is 0 Å². The third kappa shape index (κ3) is 1.84. The number of rotatable bonds is 2. The van der Waals surface area contributed by atoms with E-state index in [0.29, 0.717) is 0 Å². The second kappa shape index (κ2) is 3.42. The molecule has 1 rings (SSSR count). The standard InChI is InChI=1S/C9H14O5/c1-6(10)9(7(2)11)5-4-8(3,12)13-14-9/h12H,4-5H2,1-3H3. The second-order valence-electron chi connectivity index (χ2n) is 3.78. The molecular formula is C9H14O5. The van der Waals surface area contributed by atoms with Crippen LogP contribution in [0.5, 0.6) is 0 Å². The molecule has 0 radical (unpaired) electrons. The third-order valence-corrected chi connectivity index (χ3v) is 2.44. The van der Waals surface area contributed by atoms with Gasteiger partial charge >= 0.3 is 0 Å². The highest BCUT2D eigenvalue weighted by molar-refractivity contribution is 6.08. The Labute approximate surface area is 81.9 Å². The van der Waals surface area contributed by atoms with E-state index < -0.39 is 23.0 Å². The Morgan fingerprint density at radius 3 is 1.93 bits per heavy atom. The second-order valence-corrected chi connectivity index (χ2v) is 3.78. The third-order valence-electron chi connectivity index (χ3n) is 2.44. The van der Waals surface area contributed by atoms with Crippen molar-refractivity contribution >= 4 is 11.6 Å². The van der Waals surface area contributed by atoms with Crippen molar-refractivity contribution in [2.24, 2.45) is 0 Å². The topological polar surface area (TPSA) is 72.8 Å². The van der Waals surface area contributed by atoms with Crippen molar-refractivity contribution in [1.29, 1.82) is 0 Å². The Morgan fingerprint density at radius 1 is 1.14 bits per heavy atom. The van der Waals surface area contributed by atoms with Gasteiger partial charge < -0.3 is 5.11 Å². The van der Waals surface area contributed by atoms with Crippen LogP contribution in [0.4, 0.5) is 0 Å². The molecule has 5 heteroatoms. The molecule has 0 spiro atoms. The zero-order valence-electron chi connectivity index (χ0n) is 8.49. The summed E-state index contributed by atoms with van der Waals surface area (Å²) in [7, 11) is 0. The van der Waals surface area contributed by atoms with Crippen molar-refractivity contribution in [2.45, 2.75) is 45.0 Å². The molecule has 0 aromatic rings. The first-order valence-electron chi connectivity index (χ1n) is 4.41. The summed E-state index contributed by atoms with van der Waals surface area (Å²) in [4.78, 5) is 31.9. The van der Waals surface area contributed by atoms with Crippen molar-refractivity contribution in [3.05, 3.63) is 0 Å². The average Bonchev–Trinajstić information content (AvgIpc) is 2.03. The first-order chi connectivity index (χ1) is 6.30. The van der Waals surface area contributed by atoms with E-state index in [9.17, 15) is 14.7 Å². The van der Waals surface area contributed by atoms with Gasteiger partial charge in [-0.25, -0.2) is 9.78 Å². The summed E-state index contributed by atoms with van der Waals surface area (Å²) in [5.41, 5.74) is -1.53. The Kier molecular flexibility index (Phi) is 2.76. The zero-order chi connectivity index (χ0) is 11.0. The maximum absolute atomic E-state index is 11.3. The van der Waals surface area contributed by atoms with E-state index in [0.717, 1.165) is 0 Å². The van der Waals surface area contributed by atoms with E-state index in [1.54, 1.807) is 0 Å². The SMILES string of the molecule is CC(=O)C1(C(C)=O)CCC(C)(O)OO1. The lowest BCUT2D eigenvalue weighted by Gasteiger charge is -2.37. The van der Waals surface area contributed by atoms with Crippen LogP contribution < -0.4 is 0 Å². The molecule has 1 atom stereocenters. The summed E-state index contributed by atoms with van der Waals surface area (Å²) in [6, 6.07) is 0. The Hall–Kier alpha value is -0.780. The molecule has 1 saturated heterocycles. The maximum atomic E-state index is 11.3. The minimum absolute atomic E-state index is 0.144. The van der Waals surface area contributed by atoms with Crippen LogP contribution in [0.25, 0.3) is 0 Å². The highest BCUT2D eigenvalue weighted by Crippen LogP contribution is 2.33. The summed E-state index contributed by atoms with van der Waals surface area (Å²) in [5.74, 6) is -2.23. The van der Waals surface area contributed by atoms with Gasteiger partial charge in [0, 0.05) is 6.42 Å². The fraction of sp³-hybridized carbons (Fsp3) is 0.778. The summed E-state index contributed by atoms with van der Waals surface area (Å²) in [6.45, 7) is 3.95. The van der Waals surface area contributed by atoms with Crippen LogP contribution in [0.2, 0.25) is 0 Å². The van der Waals surface area contributed by atoms with Gasteiger partial charge in [0.2, 0.25) is 5.60 Å². The molecule has 0 saturated carbocycles. The smallest absolute Gasteiger partial charge is 0.218 e. The lowest BCUT2D eigenvalue weighted by molar-refractivity contribution is -0.462. The lowest BCUT2D eigenvalue weighted by Crippen LogP contribution is -2.53. The van der Waals surface area contributed by atoms with Gasteiger partial charge in [-0.3, -0.25) is 9.59 Å². The Morgan fingerprint density at radius 2 is 1.64 bits per heavy atom. The van der Waals surface area contributed by atoms with Gasteiger partial charge in [-0.05, 0) is 27.2 Å². The lowest BCUT2D eigenvalue weighted by atomic mass is 9.87. The molecule has 14 heavy (non-hydrogen) atoms.